The first-order chi connectivity index (χ1) is 9.66. The molecule has 1 nitrogen and oxygen atoms in total. The van der Waals surface area contributed by atoms with Gasteiger partial charge in [-0.1, -0.05) is 41.5 Å². The van der Waals surface area contributed by atoms with E-state index in [4.69, 9.17) is 0 Å². The zero-order chi connectivity index (χ0) is 18.9. The number of hydrogen-bond donors (Lipinski definition) is 0. The average molecular weight is 356 g/mol. The van der Waals surface area contributed by atoms with E-state index in [1.165, 1.54) is 0 Å². The van der Waals surface area contributed by atoms with E-state index in [0.717, 1.165) is 41.5 Å². The Morgan fingerprint density at radius 3 is 1.39 bits per heavy atom. The van der Waals surface area contributed by atoms with Crippen LogP contribution in [0.3, 0.4) is 0 Å². The Labute approximate surface area is 129 Å². The number of ether oxygens (including phenoxy) is 1. The monoisotopic (exact) mass is 356 g/mol. The molecule has 0 radical (unpaired) electrons. The molecular weight excluding hydrogens is 336 g/mol. The van der Waals surface area contributed by atoms with Gasteiger partial charge in [0.1, 0.15) is 5.60 Å². The minimum absolute atomic E-state index is 0.966. The Morgan fingerprint density at radius 2 is 1.17 bits per heavy atom. The van der Waals surface area contributed by atoms with E-state index in [0.29, 0.717) is 0 Å². The average Bonchev–Trinajstić information content (AvgIpc) is 2.45. The van der Waals surface area contributed by atoms with Gasteiger partial charge < -0.3 is 4.74 Å². The first-order valence-corrected chi connectivity index (χ1v) is 6.88. The van der Waals surface area contributed by atoms with Crippen LogP contribution in [-0.4, -0.2) is 29.5 Å². The van der Waals surface area contributed by atoms with Crippen molar-refractivity contribution in [3.63, 3.8) is 0 Å². The van der Waals surface area contributed by atoms with E-state index in [-0.39, 0.29) is 0 Å². The molecule has 2 atom stereocenters. The summed E-state index contributed by atoms with van der Waals surface area (Å²) in [5.41, 5.74) is -12.5. The Balaban J connectivity index is 3.69. The fraction of sp³-hybridized carbons (Fsp3) is 1.00. The Hall–Kier alpha value is -0.600. The van der Waals surface area contributed by atoms with E-state index in [1.807, 2.05) is 0 Å². The highest BCUT2D eigenvalue weighted by atomic mass is 19.4. The van der Waals surface area contributed by atoms with Crippen molar-refractivity contribution >= 4 is 0 Å². The van der Waals surface area contributed by atoms with Crippen LogP contribution in [0.15, 0.2) is 0 Å². The van der Waals surface area contributed by atoms with E-state index < -0.39 is 46.7 Å². The quantitative estimate of drug-likeness (QED) is 0.545. The molecule has 0 spiro atoms. The summed E-state index contributed by atoms with van der Waals surface area (Å²) in [5.74, 6) is -4.17. The summed E-state index contributed by atoms with van der Waals surface area (Å²) < 4.78 is 114. The SMILES string of the molecule is CC(C)(C)C(F)(F)C1(C(C)(C)C)CC(F)(C(F)(F)F)C(F)(F)O1. The highest BCUT2D eigenvalue weighted by molar-refractivity contribution is 5.18. The number of alkyl halides is 8. The molecule has 1 aliphatic heterocycles. The molecule has 0 N–H and O–H groups in total. The van der Waals surface area contributed by atoms with Crippen molar-refractivity contribution in [2.75, 3.05) is 0 Å². The molecule has 138 valence electrons. The number of halogens is 8. The molecule has 1 saturated heterocycles. The lowest BCUT2D eigenvalue weighted by Gasteiger charge is -2.50. The first kappa shape index (κ1) is 20.4. The van der Waals surface area contributed by atoms with Crippen LogP contribution in [0.25, 0.3) is 0 Å². The van der Waals surface area contributed by atoms with Crippen LogP contribution in [0.4, 0.5) is 35.1 Å². The molecule has 0 aromatic rings. The molecule has 1 rings (SSSR count). The van der Waals surface area contributed by atoms with Gasteiger partial charge >= 0.3 is 12.3 Å². The molecule has 1 heterocycles. The van der Waals surface area contributed by atoms with Crippen LogP contribution in [0.2, 0.25) is 0 Å². The zero-order valence-electron chi connectivity index (χ0n) is 13.6. The lowest BCUT2D eigenvalue weighted by atomic mass is 9.63. The van der Waals surface area contributed by atoms with E-state index in [2.05, 4.69) is 4.74 Å². The third kappa shape index (κ3) is 2.53. The van der Waals surface area contributed by atoms with Crippen molar-refractivity contribution in [1.29, 1.82) is 0 Å². The lowest BCUT2D eigenvalue weighted by molar-refractivity contribution is -0.382. The largest absolute Gasteiger partial charge is 0.431 e. The van der Waals surface area contributed by atoms with Gasteiger partial charge in [0.05, 0.1) is 0 Å². The second-order valence-corrected chi connectivity index (χ2v) is 8.00. The highest BCUT2D eigenvalue weighted by Crippen LogP contribution is 2.67. The van der Waals surface area contributed by atoms with Crippen molar-refractivity contribution in [2.45, 2.75) is 77.4 Å². The molecule has 0 aromatic heterocycles. The van der Waals surface area contributed by atoms with Gasteiger partial charge in [-0.15, -0.1) is 0 Å². The summed E-state index contributed by atoms with van der Waals surface area (Å²) in [6.07, 6.45) is -13.7. The Morgan fingerprint density at radius 1 is 0.783 bits per heavy atom. The minimum atomic E-state index is -6.06. The van der Waals surface area contributed by atoms with Crippen LogP contribution in [0, 0.1) is 10.8 Å². The summed E-state index contributed by atoms with van der Waals surface area (Å²) in [6, 6.07) is 0. The topological polar surface area (TPSA) is 9.23 Å². The molecule has 2 unspecified atom stereocenters. The fourth-order valence-electron chi connectivity index (χ4n) is 2.72. The van der Waals surface area contributed by atoms with Crippen molar-refractivity contribution in [2.24, 2.45) is 10.8 Å². The maximum atomic E-state index is 14.9. The molecule has 1 aliphatic rings. The standard InChI is InChI=1S/C14H20F8O/c1-8(2,3)11(12(16,17)9(4,5)6)7-10(15,13(18,19)20)14(21,22)23-11/h7H2,1-6H3. The van der Waals surface area contributed by atoms with Crippen LogP contribution in [0.1, 0.15) is 48.0 Å². The number of rotatable bonds is 1. The van der Waals surface area contributed by atoms with Gasteiger partial charge in [-0.05, 0) is 5.41 Å². The van der Waals surface area contributed by atoms with Crippen LogP contribution < -0.4 is 0 Å². The predicted molar refractivity (Wildman–Crippen MR) is 67.1 cm³/mol. The summed E-state index contributed by atoms with van der Waals surface area (Å²) in [4.78, 5) is 0. The molecule has 23 heavy (non-hydrogen) atoms. The Kier molecular flexibility index (Phi) is 4.20. The van der Waals surface area contributed by atoms with Crippen molar-refractivity contribution in [1.82, 2.24) is 0 Å². The second-order valence-electron chi connectivity index (χ2n) is 8.00. The number of hydrogen-bond acceptors (Lipinski definition) is 1. The lowest BCUT2D eigenvalue weighted by Crippen LogP contribution is -2.63. The van der Waals surface area contributed by atoms with Gasteiger partial charge in [0.15, 0.2) is 0 Å². The fourth-order valence-corrected chi connectivity index (χ4v) is 2.72. The van der Waals surface area contributed by atoms with Gasteiger partial charge in [-0.25, -0.2) is 13.2 Å². The minimum Gasteiger partial charge on any atom is -0.304 e. The highest BCUT2D eigenvalue weighted by Gasteiger charge is 2.86. The predicted octanol–water partition coefficient (Wildman–Crippen LogP) is 5.74. The zero-order valence-corrected chi connectivity index (χ0v) is 13.6. The summed E-state index contributed by atoms with van der Waals surface area (Å²) in [7, 11) is 0. The molecule has 0 aromatic carbocycles. The van der Waals surface area contributed by atoms with E-state index >= 15 is 0 Å². The van der Waals surface area contributed by atoms with Gasteiger partial charge in [0.2, 0.25) is 0 Å². The molecule has 9 heteroatoms. The maximum Gasteiger partial charge on any atom is 0.431 e. The summed E-state index contributed by atoms with van der Waals surface area (Å²) in [6.45, 7) is 5.95. The second kappa shape index (κ2) is 4.73. The van der Waals surface area contributed by atoms with Crippen LogP contribution in [-0.2, 0) is 4.74 Å². The van der Waals surface area contributed by atoms with Crippen LogP contribution >= 0.6 is 0 Å². The molecule has 1 fully saturated rings. The van der Waals surface area contributed by atoms with Crippen molar-refractivity contribution in [3.8, 4) is 0 Å². The Bertz CT molecular complexity index is 471. The molecule has 0 bridgehead atoms. The normalized spacial score (nSPS) is 33.1. The maximum absolute atomic E-state index is 14.9. The van der Waals surface area contributed by atoms with Gasteiger partial charge in [0.25, 0.3) is 11.6 Å². The van der Waals surface area contributed by atoms with Gasteiger partial charge in [-0.2, -0.15) is 22.0 Å². The molecule has 0 amide bonds. The van der Waals surface area contributed by atoms with Crippen molar-refractivity contribution < 1.29 is 39.9 Å². The van der Waals surface area contributed by atoms with Crippen molar-refractivity contribution in [3.05, 3.63) is 0 Å². The van der Waals surface area contributed by atoms with E-state index in [9.17, 15) is 35.1 Å². The third-order valence-corrected chi connectivity index (χ3v) is 4.37. The smallest absolute Gasteiger partial charge is 0.304 e. The van der Waals surface area contributed by atoms with Gasteiger partial charge in [0, 0.05) is 11.8 Å². The first-order valence-electron chi connectivity index (χ1n) is 6.88. The summed E-state index contributed by atoms with van der Waals surface area (Å²) >= 11 is 0. The molecule has 0 aliphatic carbocycles. The van der Waals surface area contributed by atoms with Gasteiger partial charge in [-0.3, -0.25) is 0 Å². The summed E-state index contributed by atoms with van der Waals surface area (Å²) in [5, 5.41) is 0. The molecular formula is C14H20F8O. The van der Waals surface area contributed by atoms with Crippen LogP contribution in [0.5, 0.6) is 0 Å². The third-order valence-electron chi connectivity index (χ3n) is 4.37. The molecule has 0 saturated carbocycles. The van der Waals surface area contributed by atoms with E-state index in [1.54, 1.807) is 0 Å².